The fourth-order valence-corrected chi connectivity index (χ4v) is 1.09. The van der Waals surface area contributed by atoms with Gasteiger partial charge >= 0.3 is 0 Å². The van der Waals surface area contributed by atoms with Crippen LogP contribution in [0.15, 0.2) is 35.9 Å². The Bertz CT molecular complexity index is 286. The monoisotopic (exact) mass is 197 g/mol. The van der Waals surface area contributed by atoms with E-state index in [0.29, 0.717) is 6.54 Å². The first-order chi connectivity index (χ1) is 6.36. The highest BCUT2D eigenvalue weighted by Crippen LogP contribution is 2.09. The molecule has 0 aliphatic rings. The van der Waals surface area contributed by atoms with E-state index in [-0.39, 0.29) is 6.61 Å². The molecule has 1 rings (SSSR count). The zero-order valence-corrected chi connectivity index (χ0v) is 7.96. The Hall–Kier alpha value is -0.990. The second-order valence-corrected chi connectivity index (χ2v) is 2.85. The zero-order chi connectivity index (χ0) is 9.52. The Kier molecular flexibility index (Phi) is 4.36. The van der Waals surface area contributed by atoms with Crippen LogP contribution in [0.3, 0.4) is 0 Å². The van der Waals surface area contributed by atoms with Crippen LogP contribution in [0.5, 0.6) is 0 Å². The van der Waals surface area contributed by atoms with Crippen LogP contribution in [-0.4, -0.2) is 11.7 Å². The average Bonchev–Trinajstić information content (AvgIpc) is 2.19. The minimum atomic E-state index is 0.0703. The van der Waals surface area contributed by atoms with Crippen LogP contribution in [0.25, 0.3) is 0 Å². The maximum Gasteiger partial charge on any atom is 0.0682 e. The van der Waals surface area contributed by atoms with Crippen LogP contribution in [-0.2, 0) is 6.61 Å². The smallest absolute Gasteiger partial charge is 0.0682 e. The molecule has 0 amide bonds. The number of aliphatic hydroxyl groups excluding tert-OH is 1. The van der Waals surface area contributed by atoms with E-state index in [1.165, 1.54) is 5.54 Å². The topological polar surface area (TPSA) is 32.3 Å². The number of anilines is 1. The van der Waals surface area contributed by atoms with Crippen LogP contribution >= 0.6 is 11.6 Å². The summed E-state index contributed by atoms with van der Waals surface area (Å²) in [7, 11) is 0. The molecule has 0 aromatic heterocycles. The van der Waals surface area contributed by atoms with E-state index in [1.807, 2.05) is 30.3 Å². The summed E-state index contributed by atoms with van der Waals surface area (Å²) in [5.74, 6) is 0. The van der Waals surface area contributed by atoms with Gasteiger partial charge < -0.3 is 10.4 Å². The molecule has 0 radical (unpaired) electrons. The van der Waals surface area contributed by atoms with Crippen molar-refractivity contribution in [1.82, 2.24) is 0 Å². The molecule has 1 aromatic rings. The van der Waals surface area contributed by atoms with Gasteiger partial charge in [-0.05, 0) is 17.7 Å². The normalized spacial score (nSPS) is 10.6. The van der Waals surface area contributed by atoms with Crippen molar-refractivity contribution in [2.75, 3.05) is 11.9 Å². The van der Waals surface area contributed by atoms with Gasteiger partial charge in [-0.2, -0.15) is 0 Å². The highest BCUT2D eigenvalue weighted by Gasteiger charge is 1.91. The van der Waals surface area contributed by atoms with E-state index in [4.69, 9.17) is 16.7 Å². The lowest BCUT2D eigenvalue weighted by Gasteiger charge is -2.04. The van der Waals surface area contributed by atoms with Crippen molar-refractivity contribution < 1.29 is 5.11 Å². The highest BCUT2D eigenvalue weighted by atomic mass is 35.5. The fourth-order valence-electron chi connectivity index (χ4n) is 1.00. The third-order valence-electron chi connectivity index (χ3n) is 1.62. The first-order valence-electron chi connectivity index (χ1n) is 4.05. The number of benzene rings is 1. The van der Waals surface area contributed by atoms with E-state index in [9.17, 15) is 0 Å². The molecule has 0 unspecified atom stereocenters. The maximum absolute atomic E-state index is 8.87. The molecule has 0 saturated carbocycles. The molecule has 2 N–H and O–H groups in total. The summed E-state index contributed by atoms with van der Waals surface area (Å²) >= 11 is 5.37. The summed E-state index contributed by atoms with van der Waals surface area (Å²) in [5, 5.41) is 12.0. The van der Waals surface area contributed by atoms with Crippen molar-refractivity contribution in [3.8, 4) is 0 Å². The molecule has 0 spiro atoms. The van der Waals surface area contributed by atoms with E-state index in [1.54, 1.807) is 0 Å². The first-order valence-corrected chi connectivity index (χ1v) is 4.49. The van der Waals surface area contributed by atoms with Crippen molar-refractivity contribution >= 4 is 17.3 Å². The predicted octanol–water partition coefficient (Wildman–Crippen LogP) is 2.34. The van der Waals surface area contributed by atoms with E-state index < -0.39 is 0 Å². The number of rotatable bonds is 4. The number of hydrogen-bond donors (Lipinski definition) is 2. The van der Waals surface area contributed by atoms with Gasteiger partial charge in [-0.3, -0.25) is 0 Å². The van der Waals surface area contributed by atoms with E-state index >= 15 is 0 Å². The van der Waals surface area contributed by atoms with Crippen LogP contribution < -0.4 is 5.32 Å². The van der Waals surface area contributed by atoms with Crippen LogP contribution in [0.4, 0.5) is 5.69 Å². The number of hydrogen-bond acceptors (Lipinski definition) is 2. The molecule has 0 atom stereocenters. The lowest BCUT2D eigenvalue weighted by atomic mass is 10.2. The molecule has 0 saturated heterocycles. The van der Waals surface area contributed by atoms with Crippen molar-refractivity contribution in [2.24, 2.45) is 0 Å². The molecule has 0 aliphatic carbocycles. The minimum Gasteiger partial charge on any atom is -0.392 e. The van der Waals surface area contributed by atoms with Gasteiger partial charge in [-0.15, -0.1) is 0 Å². The molecular weight excluding hydrogens is 186 g/mol. The predicted molar refractivity (Wildman–Crippen MR) is 55.8 cm³/mol. The number of aliphatic hydroxyl groups is 1. The molecule has 1 aromatic carbocycles. The van der Waals surface area contributed by atoms with Gasteiger partial charge in [0.2, 0.25) is 0 Å². The standard InChI is InChI=1S/C10H12ClNO/c11-5-2-6-12-10-4-1-3-9(7-10)8-13/h1-5,7,12-13H,6,8H2/b5-2+. The Morgan fingerprint density at radius 2 is 2.31 bits per heavy atom. The Morgan fingerprint density at radius 3 is 3.00 bits per heavy atom. The quantitative estimate of drug-likeness (QED) is 0.777. The summed E-state index contributed by atoms with van der Waals surface area (Å²) in [5.41, 5.74) is 3.37. The third kappa shape index (κ3) is 3.49. The van der Waals surface area contributed by atoms with Crippen molar-refractivity contribution in [3.63, 3.8) is 0 Å². The van der Waals surface area contributed by atoms with Crippen LogP contribution in [0.1, 0.15) is 5.56 Å². The average molecular weight is 198 g/mol. The molecule has 0 aliphatic heterocycles. The number of nitrogens with one attached hydrogen (secondary N) is 1. The Morgan fingerprint density at radius 1 is 1.46 bits per heavy atom. The third-order valence-corrected chi connectivity index (χ3v) is 1.80. The zero-order valence-electron chi connectivity index (χ0n) is 7.20. The largest absolute Gasteiger partial charge is 0.392 e. The van der Waals surface area contributed by atoms with E-state index in [2.05, 4.69) is 5.32 Å². The van der Waals surface area contributed by atoms with Crippen molar-refractivity contribution in [2.45, 2.75) is 6.61 Å². The van der Waals surface area contributed by atoms with Gasteiger partial charge in [-0.25, -0.2) is 0 Å². The van der Waals surface area contributed by atoms with Gasteiger partial charge in [0.1, 0.15) is 0 Å². The molecule has 2 nitrogen and oxygen atoms in total. The lowest BCUT2D eigenvalue weighted by Crippen LogP contribution is -1.98. The minimum absolute atomic E-state index is 0.0703. The lowest BCUT2D eigenvalue weighted by molar-refractivity contribution is 0.282. The molecule has 0 heterocycles. The van der Waals surface area contributed by atoms with Gasteiger partial charge in [0, 0.05) is 17.8 Å². The first kappa shape index (κ1) is 10.1. The summed E-state index contributed by atoms with van der Waals surface area (Å²) in [6.07, 6.45) is 1.81. The van der Waals surface area contributed by atoms with Crippen LogP contribution in [0, 0.1) is 0 Å². The number of halogens is 1. The molecule has 0 bridgehead atoms. The molecule has 70 valence electrons. The van der Waals surface area contributed by atoms with Gasteiger partial charge in [-0.1, -0.05) is 29.8 Å². The Labute approximate surface area is 82.8 Å². The van der Waals surface area contributed by atoms with Crippen molar-refractivity contribution in [3.05, 3.63) is 41.4 Å². The summed E-state index contributed by atoms with van der Waals surface area (Å²) in [6, 6.07) is 7.63. The van der Waals surface area contributed by atoms with Gasteiger partial charge in [0.05, 0.1) is 6.61 Å². The summed E-state index contributed by atoms with van der Waals surface area (Å²) < 4.78 is 0. The molecule has 0 fully saturated rings. The molecule has 3 heteroatoms. The Balaban J connectivity index is 2.56. The summed E-state index contributed by atoms with van der Waals surface area (Å²) in [4.78, 5) is 0. The fraction of sp³-hybridized carbons (Fsp3) is 0.200. The van der Waals surface area contributed by atoms with Crippen LogP contribution in [0.2, 0.25) is 0 Å². The molecule has 13 heavy (non-hydrogen) atoms. The SMILES string of the molecule is OCc1cccc(NC/C=C/Cl)c1. The summed E-state index contributed by atoms with van der Waals surface area (Å²) in [6.45, 7) is 0.763. The molecular formula is C10H12ClNO. The van der Waals surface area contributed by atoms with Gasteiger partial charge in [0.15, 0.2) is 0 Å². The van der Waals surface area contributed by atoms with Gasteiger partial charge in [0.25, 0.3) is 0 Å². The second kappa shape index (κ2) is 5.62. The van der Waals surface area contributed by atoms with Crippen molar-refractivity contribution in [1.29, 1.82) is 0 Å². The van der Waals surface area contributed by atoms with E-state index in [0.717, 1.165) is 11.3 Å². The maximum atomic E-state index is 8.87. The second-order valence-electron chi connectivity index (χ2n) is 2.60. The highest BCUT2D eigenvalue weighted by molar-refractivity contribution is 6.25.